The Morgan fingerprint density at radius 2 is 1.70 bits per heavy atom. The highest BCUT2D eigenvalue weighted by Gasteiger charge is 2.23. The van der Waals surface area contributed by atoms with E-state index in [0.29, 0.717) is 24.3 Å². The van der Waals surface area contributed by atoms with Crippen molar-refractivity contribution in [2.45, 2.75) is 6.42 Å². The van der Waals surface area contributed by atoms with E-state index >= 15 is 0 Å². The molecule has 1 aromatic heterocycles. The second kappa shape index (κ2) is 9.14. The number of nitrogens with one attached hydrogen (secondary N) is 3. The van der Waals surface area contributed by atoms with Crippen molar-refractivity contribution in [1.29, 1.82) is 0 Å². The lowest BCUT2D eigenvalue weighted by atomic mass is 10.2. The van der Waals surface area contributed by atoms with E-state index in [1.807, 2.05) is 0 Å². The largest absolute Gasteiger partial charge is 0.419 e. The molecule has 2 amide bonds. The predicted octanol–water partition coefficient (Wildman–Crippen LogP) is 3.01. The summed E-state index contributed by atoms with van der Waals surface area (Å²) in [5, 5.41) is 8.42. The molecule has 0 aliphatic rings. The molecule has 156 valence electrons. The zero-order valence-corrected chi connectivity index (χ0v) is 16.0. The number of aromatic nitrogens is 1. The van der Waals surface area contributed by atoms with Gasteiger partial charge < -0.3 is 26.1 Å². The number of primary amides is 1. The van der Waals surface area contributed by atoms with Crippen LogP contribution in [0.2, 0.25) is 0 Å². The number of nitrogens with zero attached hydrogens (tertiary/aromatic N) is 1. The Hall–Kier alpha value is -3.79. The molecule has 1 heterocycles. The summed E-state index contributed by atoms with van der Waals surface area (Å²) < 4.78 is 33.4. The molecule has 0 saturated heterocycles. The Kier molecular flexibility index (Phi) is 6.38. The molecule has 0 spiro atoms. The monoisotopic (exact) mass is 415 g/mol. The number of amides is 2. The third kappa shape index (κ3) is 4.78. The number of nitrogens with two attached hydrogens (primary N) is 1. The lowest BCUT2D eigenvalue weighted by molar-refractivity contribution is -0.116. The van der Waals surface area contributed by atoms with Gasteiger partial charge in [-0.1, -0.05) is 6.07 Å². The van der Waals surface area contributed by atoms with Crippen LogP contribution >= 0.6 is 0 Å². The van der Waals surface area contributed by atoms with Crippen LogP contribution in [0.15, 0.2) is 46.9 Å². The van der Waals surface area contributed by atoms with Gasteiger partial charge in [0, 0.05) is 24.3 Å². The highest BCUT2D eigenvalue weighted by Crippen LogP contribution is 2.31. The number of anilines is 3. The van der Waals surface area contributed by atoms with Gasteiger partial charge >= 0.3 is 0 Å². The van der Waals surface area contributed by atoms with Crippen LogP contribution in [-0.2, 0) is 4.79 Å². The molecule has 5 N–H and O–H groups in total. The van der Waals surface area contributed by atoms with E-state index < -0.39 is 29.0 Å². The number of carbonyl (C=O) groups is 2. The standard InChI is InChI=1S/C20H19F2N5O3/c1-24-10-9-15(28)25-11-5-7-12(8-6-11)26-20-17(18(23)29)27-19(30-20)16-13(21)3-2-4-14(16)22/h2-8,24,26H,9-10H2,1H3,(H2,23,29)(H,25,28). The molecule has 0 atom stereocenters. The third-order valence-electron chi connectivity index (χ3n) is 4.07. The molecule has 0 aliphatic heterocycles. The molecular formula is C20H19F2N5O3. The van der Waals surface area contributed by atoms with Crippen molar-refractivity contribution >= 4 is 29.1 Å². The maximum absolute atomic E-state index is 14.0. The van der Waals surface area contributed by atoms with Crippen LogP contribution in [0.3, 0.4) is 0 Å². The van der Waals surface area contributed by atoms with Gasteiger partial charge in [-0.05, 0) is 43.4 Å². The average Bonchev–Trinajstić information content (AvgIpc) is 3.11. The van der Waals surface area contributed by atoms with E-state index in [2.05, 4.69) is 20.9 Å². The van der Waals surface area contributed by atoms with Gasteiger partial charge in [-0.3, -0.25) is 9.59 Å². The molecule has 8 nitrogen and oxygen atoms in total. The van der Waals surface area contributed by atoms with Crippen LogP contribution in [0.5, 0.6) is 0 Å². The molecule has 0 unspecified atom stereocenters. The zero-order valence-electron chi connectivity index (χ0n) is 16.0. The highest BCUT2D eigenvalue weighted by molar-refractivity contribution is 5.96. The van der Waals surface area contributed by atoms with Crippen LogP contribution in [0, 0.1) is 11.6 Å². The van der Waals surface area contributed by atoms with Crippen molar-refractivity contribution in [2.75, 3.05) is 24.2 Å². The summed E-state index contributed by atoms with van der Waals surface area (Å²) >= 11 is 0. The molecule has 3 aromatic rings. The summed E-state index contributed by atoms with van der Waals surface area (Å²) in [7, 11) is 1.75. The van der Waals surface area contributed by atoms with Crippen molar-refractivity contribution in [3.63, 3.8) is 0 Å². The number of oxazole rings is 1. The maximum Gasteiger partial charge on any atom is 0.273 e. The molecule has 0 bridgehead atoms. The lowest BCUT2D eigenvalue weighted by Gasteiger charge is -2.07. The Labute approximate surface area is 170 Å². The first kappa shape index (κ1) is 20.9. The molecule has 0 fully saturated rings. The SMILES string of the molecule is CNCCC(=O)Nc1ccc(Nc2oc(-c3c(F)cccc3F)nc2C(N)=O)cc1. The lowest BCUT2D eigenvalue weighted by Crippen LogP contribution is -2.18. The fourth-order valence-corrected chi connectivity index (χ4v) is 2.61. The van der Waals surface area contributed by atoms with E-state index in [1.165, 1.54) is 6.07 Å². The molecule has 30 heavy (non-hydrogen) atoms. The highest BCUT2D eigenvalue weighted by atomic mass is 19.1. The van der Waals surface area contributed by atoms with Crippen molar-refractivity contribution in [3.05, 3.63) is 59.8 Å². The van der Waals surface area contributed by atoms with Crippen LogP contribution in [0.1, 0.15) is 16.9 Å². The second-order valence-corrected chi connectivity index (χ2v) is 6.26. The molecule has 2 aromatic carbocycles. The van der Waals surface area contributed by atoms with Gasteiger partial charge in [0.15, 0.2) is 5.69 Å². The fraction of sp³-hybridized carbons (Fsp3) is 0.150. The Bertz CT molecular complexity index is 1050. The normalized spacial score (nSPS) is 10.6. The number of halogens is 2. The van der Waals surface area contributed by atoms with Gasteiger partial charge in [0.05, 0.1) is 0 Å². The molecule has 0 radical (unpaired) electrons. The van der Waals surface area contributed by atoms with Gasteiger partial charge in [-0.25, -0.2) is 13.8 Å². The minimum absolute atomic E-state index is 0.145. The maximum atomic E-state index is 14.0. The average molecular weight is 415 g/mol. The third-order valence-corrected chi connectivity index (χ3v) is 4.07. The van der Waals surface area contributed by atoms with Gasteiger partial charge in [-0.15, -0.1) is 0 Å². The van der Waals surface area contributed by atoms with E-state index in [1.54, 1.807) is 31.3 Å². The number of rotatable bonds is 8. The summed E-state index contributed by atoms with van der Waals surface area (Å²) in [6, 6.07) is 9.79. The smallest absolute Gasteiger partial charge is 0.273 e. The number of hydrogen-bond acceptors (Lipinski definition) is 6. The zero-order chi connectivity index (χ0) is 21.7. The first-order chi connectivity index (χ1) is 14.4. The fourth-order valence-electron chi connectivity index (χ4n) is 2.61. The summed E-state index contributed by atoms with van der Waals surface area (Å²) in [5.41, 5.74) is 5.55. The predicted molar refractivity (Wildman–Crippen MR) is 107 cm³/mol. The van der Waals surface area contributed by atoms with Crippen LogP contribution in [0.25, 0.3) is 11.5 Å². The van der Waals surface area contributed by atoms with E-state index in [9.17, 15) is 18.4 Å². The number of benzene rings is 2. The second-order valence-electron chi connectivity index (χ2n) is 6.26. The van der Waals surface area contributed by atoms with Crippen LogP contribution in [0.4, 0.5) is 26.0 Å². The molecule has 0 aliphatic carbocycles. The molecule has 0 saturated carbocycles. The number of carbonyl (C=O) groups excluding carboxylic acids is 2. The van der Waals surface area contributed by atoms with Crippen molar-refractivity contribution in [3.8, 4) is 11.5 Å². The van der Waals surface area contributed by atoms with Crippen molar-refractivity contribution in [1.82, 2.24) is 10.3 Å². The van der Waals surface area contributed by atoms with Crippen LogP contribution < -0.4 is 21.7 Å². The first-order valence-corrected chi connectivity index (χ1v) is 8.95. The van der Waals surface area contributed by atoms with Gasteiger partial charge in [0.25, 0.3) is 5.91 Å². The van der Waals surface area contributed by atoms with Gasteiger partial charge in [0.1, 0.15) is 17.2 Å². The molecule has 3 rings (SSSR count). The molecular weight excluding hydrogens is 396 g/mol. The summed E-state index contributed by atoms with van der Waals surface area (Å²) in [6.07, 6.45) is 0.325. The minimum Gasteiger partial charge on any atom is -0.419 e. The minimum atomic E-state index is -0.933. The summed E-state index contributed by atoms with van der Waals surface area (Å²) in [6.45, 7) is 0.553. The molecule has 10 heteroatoms. The quantitative estimate of drug-likeness (QED) is 0.449. The van der Waals surface area contributed by atoms with E-state index in [0.717, 1.165) is 12.1 Å². The first-order valence-electron chi connectivity index (χ1n) is 8.95. The Morgan fingerprint density at radius 1 is 1.07 bits per heavy atom. The Balaban J connectivity index is 1.82. The van der Waals surface area contributed by atoms with Crippen molar-refractivity contribution < 1.29 is 22.8 Å². The van der Waals surface area contributed by atoms with E-state index in [-0.39, 0.29) is 17.5 Å². The van der Waals surface area contributed by atoms with E-state index in [4.69, 9.17) is 10.2 Å². The van der Waals surface area contributed by atoms with Gasteiger partial charge in [0.2, 0.25) is 17.7 Å². The van der Waals surface area contributed by atoms with Crippen LogP contribution in [-0.4, -0.2) is 30.4 Å². The summed E-state index contributed by atoms with van der Waals surface area (Å²) in [4.78, 5) is 27.3. The van der Waals surface area contributed by atoms with Gasteiger partial charge in [-0.2, -0.15) is 0 Å². The Morgan fingerprint density at radius 3 is 2.30 bits per heavy atom. The number of hydrogen-bond donors (Lipinski definition) is 4. The topological polar surface area (TPSA) is 122 Å². The summed E-state index contributed by atoms with van der Waals surface area (Å²) in [5.74, 6) is -3.44. The van der Waals surface area contributed by atoms with Crippen molar-refractivity contribution in [2.24, 2.45) is 5.73 Å².